The van der Waals surface area contributed by atoms with Gasteiger partial charge in [0.1, 0.15) is 6.61 Å². The number of ether oxygens (including phenoxy) is 1. The molecule has 1 aliphatic rings. The van der Waals surface area contributed by atoms with E-state index >= 15 is 0 Å². The van der Waals surface area contributed by atoms with Crippen LogP contribution in [0.5, 0.6) is 0 Å². The van der Waals surface area contributed by atoms with E-state index in [2.05, 4.69) is 0 Å². The first-order chi connectivity index (χ1) is 14.2. The lowest BCUT2D eigenvalue weighted by molar-refractivity contribution is 0.177. The molecule has 1 saturated heterocycles. The lowest BCUT2D eigenvalue weighted by Crippen LogP contribution is -2.28. The van der Waals surface area contributed by atoms with E-state index in [1.807, 2.05) is 0 Å². The molecule has 21 heavy (non-hydrogen) atoms. The van der Waals surface area contributed by atoms with Gasteiger partial charge < -0.3 is 19.9 Å². The lowest BCUT2D eigenvalue weighted by atomic mass is 10.0. The first-order valence-corrected chi connectivity index (χ1v) is 6.49. The van der Waals surface area contributed by atoms with Crippen molar-refractivity contribution in [3.8, 4) is 0 Å². The van der Waals surface area contributed by atoms with Crippen LogP contribution in [-0.4, -0.2) is 49.2 Å². The minimum atomic E-state index is -2.37. The van der Waals surface area contributed by atoms with E-state index < -0.39 is 44.2 Å². The molecule has 0 bridgehead atoms. The highest BCUT2D eigenvalue weighted by molar-refractivity contribution is 5.84. The number of rotatable bonds is 5. The fraction of sp³-hybridized carbons (Fsp3) is 0.438. The number of likely N-dealkylation sites (N-methyl/N-ethyl adjacent to an activating group) is 1. The number of amides is 1. The summed E-state index contributed by atoms with van der Waals surface area (Å²) in [5.74, 6) is 0. The second-order valence-electron chi connectivity index (χ2n) is 4.86. The van der Waals surface area contributed by atoms with Crippen LogP contribution < -0.4 is 5.31 Å². The minimum absolute atomic E-state index is 0.00253. The largest absolute Gasteiger partial charge is 0.447 e. The maximum atomic E-state index is 11.5. The summed E-state index contributed by atoms with van der Waals surface area (Å²) in [7, 11) is 1.38. The highest BCUT2D eigenvalue weighted by atomic mass is 16.6. The Hall–Kier alpha value is -2.01. The first-order valence-electron chi connectivity index (χ1n) is 11.4. The van der Waals surface area contributed by atoms with Gasteiger partial charge in [-0.1, -0.05) is 6.04 Å². The molecular weight excluding hydrogens is 266 g/mol. The molecule has 2 aromatic rings. The Morgan fingerprint density at radius 1 is 1.67 bits per heavy atom. The molecule has 1 aromatic carbocycles. The second kappa shape index (κ2) is 5.77. The topological polar surface area (TPSA) is 57.4 Å². The zero-order valence-corrected chi connectivity index (χ0v) is 11.5. The average Bonchev–Trinajstić information content (AvgIpc) is 3.09. The highest BCUT2D eigenvalue weighted by Gasteiger charge is 2.22. The van der Waals surface area contributed by atoms with Crippen LogP contribution in [0.4, 0.5) is 4.79 Å². The maximum Gasteiger partial charge on any atom is 0.407 e. The van der Waals surface area contributed by atoms with Gasteiger partial charge in [-0.05, 0) is 50.1 Å². The molecule has 0 spiro atoms. The highest BCUT2D eigenvalue weighted by Crippen LogP contribution is 2.21. The number of nitrogens with zero attached hydrogens (tertiary/aromatic N) is 1. The summed E-state index contributed by atoms with van der Waals surface area (Å²) in [6.45, 7) is -2.81. The van der Waals surface area contributed by atoms with Gasteiger partial charge >= 0.3 is 6.09 Å². The predicted octanol–water partition coefficient (Wildman–Crippen LogP) is 1.92. The fourth-order valence-corrected chi connectivity index (χ4v) is 2.10. The number of aromatic nitrogens is 1. The molecule has 1 aliphatic heterocycles. The summed E-state index contributed by atoms with van der Waals surface area (Å²) in [6.07, 6.45) is -1.77. The molecule has 0 saturated carbocycles. The Morgan fingerprint density at radius 2 is 2.57 bits per heavy atom. The fourth-order valence-electron chi connectivity index (χ4n) is 2.10. The second-order valence-corrected chi connectivity index (χ2v) is 4.86. The molecule has 0 radical (unpaired) electrons. The molecular formula is C16H21N3O2. The van der Waals surface area contributed by atoms with Gasteiger partial charge in [0.2, 0.25) is 0 Å². The Kier molecular flexibility index (Phi) is 1.76. The van der Waals surface area contributed by atoms with Crippen molar-refractivity contribution in [3.05, 3.63) is 35.4 Å². The van der Waals surface area contributed by atoms with E-state index in [9.17, 15) is 4.79 Å². The first kappa shape index (κ1) is 6.40. The Balaban J connectivity index is 2.13. The van der Waals surface area contributed by atoms with E-state index in [1.165, 1.54) is 7.05 Å². The van der Waals surface area contributed by atoms with Crippen LogP contribution >= 0.6 is 0 Å². The molecule has 5 heteroatoms. The zero-order chi connectivity index (χ0) is 23.5. The average molecular weight is 297 g/mol. The zero-order valence-electron chi connectivity index (χ0n) is 21.5. The quantitative estimate of drug-likeness (QED) is 0.886. The molecule has 0 aliphatic carbocycles. The number of benzene rings is 1. The molecule has 112 valence electrons. The number of hydrogen-bond acceptors (Lipinski definition) is 3. The summed E-state index contributed by atoms with van der Waals surface area (Å²) in [4.78, 5) is 13.2. The van der Waals surface area contributed by atoms with Gasteiger partial charge in [-0.2, -0.15) is 0 Å². The van der Waals surface area contributed by atoms with Gasteiger partial charge in [0, 0.05) is 27.7 Å². The van der Waals surface area contributed by atoms with Crippen LogP contribution in [0.1, 0.15) is 22.1 Å². The van der Waals surface area contributed by atoms with Crippen molar-refractivity contribution < 1.29 is 23.3 Å². The van der Waals surface area contributed by atoms with Gasteiger partial charge in [0.15, 0.2) is 2.82 Å². The molecule has 0 unspecified atom stereocenters. The van der Waals surface area contributed by atoms with Gasteiger partial charge in [-0.15, -0.1) is 0 Å². The predicted molar refractivity (Wildman–Crippen MR) is 82.5 cm³/mol. The number of nitrogens with one attached hydrogen (secondary N) is 2. The lowest BCUT2D eigenvalue weighted by Gasteiger charge is -2.09. The summed E-state index contributed by atoms with van der Waals surface area (Å²) >= 11 is 0. The van der Waals surface area contributed by atoms with E-state index in [0.717, 1.165) is 4.90 Å². The Morgan fingerprint density at radius 3 is 3.33 bits per heavy atom. The molecule has 1 aromatic heterocycles. The van der Waals surface area contributed by atoms with E-state index in [4.69, 9.17) is 18.5 Å². The third-order valence-corrected chi connectivity index (χ3v) is 3.14. The summed E-state index contributed by atoms with van der Waals surface area (Å²) in [5, 5.41) is 0.373. The van der Waals surface area contributed by atoms with Crippen molar-refractivity contribution in [2.24, 2.45) is 0 Å². The third-order valence-electron chi connectivity index (χ3n) is 3.14. The molecule has 5 nitrogen and oxygen atoms in total. The van der Waals surface area contributed by atoms with Gasteiger partial charge in [0.05, 0.1) is 12.9 Å². The van der Waals surface area contributed by atoms with Crippen LogP contribution in [0.25, 0.3) is 10.9 Å². The molecule has 1 amide bonds. The van der Waals surface area contributed by atoms with Crippen LogP contribution in [0.15, 0.2) is 24.3 Å². The smallest absolute Gasteiger partial charge is 0.407 e. The van der Waals surface area contributed by atoms with Crippen molar-refractivity contribution >= 4 is 17.0 Å². The van der Waals surface area contributed by atoms with Gasteiger partial charge in [-0.25, -0.2) is 4.79 Å². The maximum absolute atomic E-state index is 11.5. The molecule has 3 rings (SSSR count). The van der Waals surface area contributed by atoms with Crippen molar-refractivity contribution in [3.63, 3.8) is 0 Å². The number of fused-ring (bicyclic) bond motifs is 1. The monoisotopic (exact) mass is 297 g/mol. The van der Waals surface area contributed by atoms with Gasteiger partial charge in [-0.3, -0.25) is 0 Å². The number of aromatic amines is 1. The molecule has 2 heterocycles. The van der Waals surface area contributed by atoms with Crippen LogP contribution in [0.2, 0.25) is 2.82 Å². The summed E-state index contributed by atoms with van der Waals surface area (Å²) in [6, 6.07) is -3.04. The van der Waals surface area contributed by atoms with Crippen molar-refractivity contribution in [2.45, 2.75) is 18.9 Å². The van der Waals surface area contributed by atoms with E-state index in [1.54, 1.807) is 0 Å². The number of carbonyl (C=O) groups excluding carboxylic acids is 1. The summed E-state index contributed by atoms with van der Waals surface area (Å²) < 4.78 is 84.7. The third kappa shape index (κ3) is 3.19. The van der Waals surface area contributed by atoms with E-state index in [0.29, 0.717) is 10.3 Å². The normalized spacial score (nSPS) is 29.6. The van der Waals surface area contributed by atoms with Crippen molar-refractivity contribution in [1.82, 2.24) is 15.2 Å². The van der Waals surface area contributed by atoms with Gasteiger partial charge in [0.25, 0.3) is 0 Å². The molecule has 1 fully saturated rings. The summed E-state index contributed by atoms with van der Waals surface area (Å²) in [5.41, 5.74) is -0.0313. The van der Waals surface area contributed by atoms with Crippen LogP contribution in [0, 0.1) is 0 Å². The minimum Gasteiger partial charge on any atom is -0.447 e. The SMILES string of the molecule is [2H]c1c(C[C@@]2([2H])COC(=O)N2[2H])c([2H])c2c(CCN(C)C([2H])([2H])[2H])c([2H])n([2H])c2c1[2H]. The Bertz CT molecular complexity index is 1050. The van der Waals surface area contributed by atoms with Crippen molar-refractivity contribution in [2.75, 3.05) is 27.2 Å². The van der Waals surface area contributed by atoms with Crippen molar-refractivity contribution in [1.29, 1.82) is 0 Å². The number of hydrogen-bond donors (Lipinski definition) is 2. The number of carbonyl (C=O) groups is 1. The number of alkyl carbamates (subject to hydrolysis) is 1. The number of cyclic esters (lactones) is 1. The molecule has 1 atom stereocenters. The standard InChI is InChI=1S/C16H21N3O2/c1-19(2)6-5-12-9-17-15-4-3-11(8-14(12)15)7-13-10-21-16(20)18-13/h3-4,8-9,13,17H,5-7,10H2,1-2H3,(H,18,20)/t13-/m0/s1/i1D3,3D,4D,8D,9D,13D/hD2. The van der Waals surface area contributed by atoms with Crippen LogP contribution in [0.3, 0.4) is 0 Å². The Labute approximate surface area is 138 Å². The molecule has 2 N–H and O–H groups in total. The van der Waals surface area contributed by atoms with Crippen LogP contribution in [-0.2, 0) is 17.6 Å². The van der Waals surface area contributed by atoms with E-state index in [-0.39, 0.29) is 47.2 Å². The number of H-pyrrole nitrogens is 1.